The molecule has 3 N–H and O–H groups in total. The summed E-state index contributed by atoms with van der Waals surface area (Å²) in [5.74, 6) is 0.959. The van der Waals surface area contributed by atoms with Gasteiger partial charge in [-0.25, -0.2) is 8.42 Å². The molecule has 0 radical (unpaired) electrons. The summed E-state index contributed by atoms with van der Waals surface area (Å²) in [5, 5.41) is 0. The second kappa shape index (κ2) is 16.5. The number of nitrogens with one attached hydrogen (secondary N) is 1. The zero-order valence-corrected chi connectivity index (χ0v) is 26.7. The van der Waals surface area contributed by atoms with Gasteiger partial charge in [-0.05, 0) is 67.2 Å². The van der Waals surface area contributed by atoms with Crippen LogP contribution in [0.4, 0.5) is 0 Å². The number of nitrogens with two attached hydrogens (primary N) is 1. The Hall–Kier alpha value is -2.11. The third-order valence-corrected chi connectivity index (χ3v) is 10.1. The first-order valence-corrected chi connectivity index (χ1v) is 16.6. The highest BCUT2D eigenvalue weighted by atomic mass is 35.5. The highest BCUT2D eigenvalue weighted by molar-refractivity contribution is 7.99. The van der Waals surface area contributed by atoms with Crippen molar-refractivity contribution in [3.8, 4) is 0 Å². The van der Waals surface area contributed by atoms with Gasteiger partial charge in [0.25, 0.3) is 0 Å². The van der Waals surface area contributed by atoms with Crippen molar-refractivity contribution >= 4 is 46.1 Å². The first-order valence-electron chi connectivity index (χ1n) is 13.9. The number of sulfonamides is 1. The van der Waals surface area contributed by atoms with E-state index in [0.717, 1.165) is 42.6 Å². The maximum absolute atomic E-state index is 13.6. The quantitative estimate of drug-likeness (QED) is 0.237. The number of piperidine rings is 1. The second-order valence-electron chi connectivity index (χ2n) is 10.8. The van der Waals surface area contributed by atoms with Crippen LogP contribution in [0.2, 0.25) is 0 Å². The number of carbonyl (C=O) groups excluding carboxylic acids is 2. The first-order chi connectivity index (χ1) is 19.0. The lowest BCUT2D eigenvalue weighted by Gasteiger charge is -2.34. The van der Waals surface area contributed by atoms with Crippen LogP contribution in [0.25, 0.3) is 0 Å². The Balaban J connectivity index is 0.00000588. The van der Waals surface area contributed by atoms with E-state index in [2.05, 4.69) is 18.6 Å². The fourth-order valence-electron chi connectivity index (χ4n) is 4.90. The number of carbonyl (C=O) groups is 2. The molecule has 2 aromatic carbocycles. The highest BCUT2D eigenvalue weighted by Crippen LogP contribution is 2.32. The number of ether oxygens (including phenoxy) is 1. The predicted molar refractivity (Wildman–Crippen MR) is 168 cm³/mol. The van der Waals surface area contributed by atoms with Crippen LogP contribution in [0, 0.1) is 5.92 Å². The van der Waals surface area contributed by atoms with Gasteiger partial charge in [0.05, 0.1) is 11.5 Å². The SMILES string of the molecule is CC(=O)OCCC1CCN(C(=O)C(CSCCCN)NS(=O)(=O)c2cccc(C(C)(C)c3ccccc3)c2)CC1.Cl. The molecule has 0 saturated carbocycles. The van der Waals surface area contributed by atoms with Gasteiger partial charge in [0.2, 0.25) is 15.9 Å². The number of hydrogen-bond acceptors (Lipinski definition) is 7. The van der Waals surface area contributed by atoms with Crippen molar-refractivity contribution in [1.29, 1.82) is 0 Å². The van der Waals surface area contributed by atoms with Crippen LogP contribution < -0.4 is 10.5 Å². The molecule has 228 valence electrons. The van der Waals surface area contributed by atoms with Crippen molar-refractivity contribution in [3.63, 3.8) is 0 Å². The monoisotopic (exact) mass is 625 g/mol. The summed E-state index contributed by atoms with van der Waals surface area (Å²) < 4.78 is 35.0. The number of thioether (sulfide) groups is 1. The molecular weight excluding hydrogens is 582 g/mol. The number of benzene rings is 2. The maximum atomic E-state index is 13.6. The molecule has 3 rings (SSSR count). The second-order valence-corrected chi connectivity index (χ2v) is 13.7. The lowest BCUT2D eigenvalue weighted by atomic mass is 9.78. The van der Waals surface area contributed by atoms with E-state index in [1.807, 2.05) is 36.4 Å². The number of likely N-dealkylation sites (tertiary alicyclic amines) is 1. The molecule has 1 heterocycles. The van der Waals surface area contributed by atoms with Gasteiger partial charge in [-0.15, -0.1) is 12.4 Å². The van der Waals surface area contributed by atoms with Crippen molar-refractivity contribution in [1.82, 2.24) is 9.62 Å². The minimum absolute atomic E-state index is 0. The fraction of sp³-hybridized carbons (Fsp3) is 0.533. The molecule has 1 aliphatic rings. The highest BCUT2D eigenvalue weighted by Gasteiger charge is 2.32. The molecular formula is C30H44ClN3O5S2. The molecule has 8 nitrogen and oxygen atoms in total. The number of esters is 1. The summed E-state index contributed by atoms with van der Waals surface area (Å²) in [7, 11) is -3.97. The van der Waals surface area contributed by atoms with E-state index in [1.54, 1.807) is 23.1 Å². The van der Waals surface area contributed by atoms with E-state index >= 15 is 0 Å². The topological polar surface area (TPSA) is 119 Å². The Kier molecular flexibility index (Phi) is 14.1. The summed E-state index contributed by atoms with van der Waals surface area (Å²) in [6.45, 7) is 7.56. The Bertz CT molecular complexity index is 1220. The van der Waals surface area contributed by atoms with Gasteiger partial charge in [0.1, 0.15) is 6.04 Å². The van der Waals surface area contributed by atoms with Crippen molar-refractivity contribution < 1.29 is 22.7 Å². The van der Waals surface area contributed by atoms with Crippen LogP contribution in [-0.2, 0) is 29.8 Å². The molecule has 0 spiro atoms. The zero-order chi connectivity index (χ0) is 29.2. The number of rotatable bonds is 14. The fourth-order valence-corrected chi connectivity index (χ4v) is 7.24. The Morgan fingerprint density at radius 1 is 1.10 bits per heavy atom. The standard InChI is InChI=1S/C30H43N3O5S2.ClH/c1-23(34)38-19-15-24-13-17-33(18-14-24)29(35)28(22-39-20-8-16-31)32-40(36,37)27-12-7-11-26(21-27)30(2,3)25-9-5-4-6-10-25;/h4-7,9-12,21,24,28,32H,8,13-20,22,31H2,1-3H3;1H. The van der Waals surface area contributed by atoms with E-state index in [1.165, 1.54) is 18.7 Å². The Morgan fingerprint density at radius 2 is 1.76 bits per heavy atom. The average Bonchev–Trinajstić information content (AvgIpc) is 2.95. The van der Waals surface area contributed by atoms with E-state index in [9.17, 15) is 18.0 Å². The van der Waals surface area contributed by atoms with Crippen molar-refractivity contribution in [3.05, 3.63) is 65.7 Å². The summed E-state index contributed by atoms with van der Waals surface area (Å²) in [6, 6.07) is 16.1. The van der Waals surface area contributed by atoms with Crippen molar-refractivity contribution in [2.75, 3.05) is 37.7 Å². The van der Waals surface area contributed by atoms with Gasteiger partial charge in [0.15, 0.2) is 0 Å². The van der Waals surface area contributed by atoms with E-state index in [4.69, 9.17) is 10.5 Å². The normalized spacial score (nSPS) is 15.2. The number of amides is 1. The largest absolute Gasteiger partial charge is 0.466 e. The maximum Gasteiger partial charge on any atom is 0.302 e. The average molecular weight is 626 g/mol. The molecule has 0 aromatic heterocycles. The van der Waals surface area contributed by atoms with E-state index in [-0.39, 0.29) is 29.2 Å². The summed E-state index contributed by atoms with van der Waals surface area (Å²) >= 11 is 1.53. The number of nitrogens with zero attached hydrogens (tertiary/aromatic N) is 1. The van der Waals surface area contributed by atoms with Gasteiger partial charge >= 0.3 is 5.97 Å². The lowest BCUT2D eigenvalue weighted by Crippen LogP contribution is -2.52. The molecule has 1 unspecified atom stereocenters. The van der Waals surface area contributed by atoms with Crippen LogP contribution in [0.5, 0.6) is 0 Å². The van der Waals surface area contributed by atoms with E-state index < -0.39 is 21.5 Å². The smallest absolute Gasteiger partial charge is 0.302 e. The first kappa shape index (κ1) is 35.1. The van der Waals surface area contributed by atoms with Gasteiger partial charge in [-0.3, -0.25) is 9.59 Å². The van der Waals surface area contributed by atoms with Gasteiger partial charge in [-0.2, -0.15) is 16.5 Å². The van der Waals surface area contributed by atoms with E-state index in [0.29, 0.717) is 37.9 Å². The van der Waals surface area contributed by atoms with Crippen molar-refractivity contribution in [2.24, 2.45) is 11.7 Å². The van der Waals surface area contributed by atoms with Gasteiger partial charge in [-0.1, -0.05) is 56.3 Å². The number of hydrogen-bond donors (Lipinski definition) is 2. The molecule has 0 aliphatic carbocycles. The number of halogens is 1. The molecule has 1 amide bonds. The molecule has 1 aliphatic heterocycles. The molecule has 1 fully saturated rings. The molecule has 2 aromatic rings. The van der Waals surface area contributed by atoms with Crippen LogP contribution in [0.3, 0.4) is 0 Å². The van der Waals surface area contributed by atoms with Crippen LogP contribution in [0.15, 0.2) is 59.5 Å². The van der Waals surface area contributed by atoms with Gasteiger partial charge in [0, 0.05) is 31.2 Å². The third kappa shape index (κ3) is 10.3. The molecule has 0 bridgehead atoms. The zero-order valence-electron chi connectivity index (χ0n) is 24.2. The Labute approximate surface area is 255 Å². The molecule has 41 heavy (non-hydrogen) atoms. The molecule has 1 atom stereocenters. The summed E-state index contributed by atoms with van der Waals surface area (Å²) in [6.07, 6.45) is 3.15. The van der Waals surface area contributed by atoms with Crippen molar-refractivity contribution in [2.45, 2.75) is 62.8 Å². The van der Waals surface area contributed by atoms with Gasteiger partial charge < -0.3 is 15.4 Å². The van der Waals surface area contributed by atoms with Crippen LogP contribution in [-0.4, -0.2) is 69.0 Å². The third-order valence-electron chi connectivity index (χ3n) is 7.49. The van der Waals surface area contributed by atoms with Crippen LogP contribution >= 0.6 is 24.2 Å². The molecule has 1 saturated heterocycles. The predicted octanol–water partition coefficient (Wildman–Crippen LogP) is 4.36. The van der Waals surface area contributed by atoms with Crippen LogP contribution in [0.1, 0.15) is 57.6 Å². The molecule has 11 heteroatoms. The summed E-state index contributed by atoms with van der Waals surface area (Å²) in [5.41, 5.74) is 7.18. The minimum Gasteiger partial charge on any atom is -0.466 e. The summed E-state index contributed by atoms with van der Waals surface area (Å²) in [4.78, 5) is 26.5. The lowest BCUT2D eigenvalue weighted by molar-refractivity contribution is -0.141. The Morgan fingerprint density at radius 3 is 2.39 bits per heavy atom. The minimum atomic E-state index is -3.97.